The van der Waals surface area contributed by atoms with Gasteiger partial charge in [0, 0.05) is 9.79 Å². The van der Waals surface area contributed by atoms with Crippen LogP contribution >= 0.6 is 11.8 Å². The molecule has 0 bridgehead atoms. The van der Waals surface area contributed by atoms with Crippen LogP contribution in [0.25, 0.3) is 0 Å². The van der Waals surface area contributed by atoms with E-state index in [9.17, 15) is 4.39 Å². The highest BCUT2D eigenvalue weighted by Crippen LogP contribution is 2.28. The third-order valence-electron chi connectivity index (χ3n) is 2.40. The summed E-state index contributed by atoms with van der Waals surface area (Å²) < 4.78 is 13.3. The van der Waals surface area contributed by atoms with Crippen LogP contribution in [-0.2, 0) is 0 Å². The van der Waals surface area contributed by atoms with Gasteiger partial charge in [0.25, 0.3) is 0 Å². The maximum Gasteiger partial charge on any atom is 0.127 e. The molecule has 0 amide bonds. The van der Waals surface area contributed by atoms with Crippen molar-refractivity contribution in [1.82, 2.24) is 0 Å². The Balaban J connectivity index is 2.20. The molecule has 0 saturated carbocycles. The van der Waals surface area contributed by atoms with Gasteiger partial charge in [-0.05, 0) is 43.7 Å². The van der Waals surface area contributed by atoms with Gasteiger partial charge in [0.15, 0.2) is 0 Å². The van der Waals surface area contributed by atoms with Crippen molar-refractivity contribution in [2.45, 2.75) is 23.6 Å². The van der Waals surface area contributed by atoms with Crippen molar-refractivity contribution >= 4 is 11.8 Å². The molecule has 0 spiro atoms. The van der Waals surface area contributed by atoms with E-state index in [1.807, 2.05) is 12.1 Å². The van der Waals surface area contributed by atoms with E-state index in [-0.39, 0.29) is 5.82 Å². The smallest absolute Gasteiger partial charge is 0.127 e. The summed E-state index contributed by atoms with van der Waals surface area (Å²) in [6, 6.07) is 13.6. The van der Waals surface area contributed by atoms with Crippen molar-refractivity contribution in [2.24, 2.45) is 0 Å². The highest BCUT2D eigenvalue weighted by Gasteiger charge is 2.01. The number of hydrogen-bond donors (Lipinski definition) is 0. The Morgan fingerprint density at radius 3 is 2.12 bits per heavy atom. The molecule has 0 aromatic heterocycles. The van der Waals surface area contributed by atoms with E-state index in [1.54, 1.807) is 24.8 Å². The van der Waals surface area contributed by atoms with Crippen LogP contribution in [0.15, 0.2) is 52.3 Å². The fourth-order valence-electron chi connectivity index (χ4n) is 1.38. The predicted molar refractivity (Wildman–Crippen MR) is 66.4 cm³/mol. The first-order valence-corrected chi connectivity index (χ1v) is 5.97. The molecule has 82 valence electrons. The van der Waals surface area contributed by atoms with E-state index in [1.165, 1.54) is 5.56 Å². The number of rotatable bonds is 2. The van der Waals surface area contributed by atoms with E-state index in [4.69, 9.17) is 0 Å². The van der Waals surface area contributed by atoms with Gasteiger partial charge >= 0.3 is 0 Å². The van der Waals surface area contributed by atoms with Gasteiger partial charge in [-0.1, -0.05) is 35.5 Å². The van der Waals surface area contributed by atoms with Gasteiger partial charge in [-0.25, -0.2) is 4.39 Å². The summed E-state index contributed by atoms with van der Waals surface area (Å²) in [5, 5.41) is 0. The maximum atomic E-state index is 13.3. The Morgan fingerprint density at radius 2 is 1.50 bits per heavy atom. The summed E-state index contributed by atoms with van der Waals surface area (Å²) in [4.78, 5) is 2.07. The lowest BCUT2D eigenvalue weighted by Crippen LogP contribution is -1.82. The molecule has 0 aliphatic rings. The number of benzene rings is 2. The van der Waals surface area contributed by atoms with Gasteiger partial charge < -0.3 is 0 Å². The van der Waals surface area contributed by atoms with Gasteiger partial charge in [-0.2, -0.15) is 0 Å². The lowest BCUT2D eigenvalue weighted by molar-refractivity contribution is 0.615. The SMILES string of the molecule is Cc1ccc(Sc2ccc(C)c(F)c2)cc1. The standard InChI is InChI=1S/C14H13FS/c1-10-3-6-12(7-4-10)16-13-8-5-11(2)14(15)9-13/h3-9H,1-2H3. The average molecular weight is 232 g/mol. The van der Waals surface area contributed by atoms with Gasteiger partial charge in [0.05, 0.1) is 0 Å². The first kappa shape index (κ1) is 11.2. The topological polar surface area (TPSA) is 0 Å². The molecule has 2 rings (SSSR count). The van der Waals surface area contributed by atoms with Crippen LogP contribution in [0, 0.1) is 19.7 Å². The molecule has 0 aliphatic heterocycles. The van der Waals surface area contributed by atoms with Crippen LogP contribution < -0.4 is 0 Å². The van der Waals surface area contributed by atoms with Crippen LogP contribution in [-0.4, -0.2) is 0 Å². The van der Waals surface area contributed by atoms with Crippen molar-refractivity contribution in [1.29, 1.82) is 0 Å². The highest BCUT2D eigenvalue weighted by atomic mass is 32.2. The first-order valence-electron chi connectivity index (χ1n) is 5.16. The van der Waals surface area contributed by atoms with Gasteiger partial charge in [0.2, 0.25) is 0 Å². The molecular weight excluding hydrogens is 219 g/mol. The molecule has 16 heavy (non-hydrogen) atoms. The molecule has 0 nitrogen and oxygen atoms in total. The van der Waals surface area contributed by atoms with Crippen molar-refractivity contribution in [3.63, 3.8) is 0 Å². The average Bonchev–Trinajstić information content (AvgIpc) is 2.27. The third-order valence-corrected chi connectivity index (χ3v) is 3.40. The molecule has 0 aliphatic carbocycles. The zero-order valence-electron chi connectivity index (χ0n) is 9.33. The lowest BCUT2D eigenvalue weighted by Gasteiger charge is -2.03. The summed E-state index contributed by atoms with van der Waals surface area (Å²) in [5.74, 6) is -0.142. The Morgan fingerprint density at radius 1 is 0.875 bits per heavy atom. The molecule has 2 heteroatoms. The number of hydrogen-bond acceptors (Lipinski definition) is 1. The van der Waals surface area contributed by atoms with E-state index >= 15 is 0 Å². The van der Waals surface area contributed by atoms with Gasteiger partial charge in [-0.15, -0.1) is 0 Å². The molecule has 0 unspecified atom stereocenters. The second kappa shape index (κ2) is 4.71. The van der Waals surface area contributed by atoms with Gasteiger partial charge in [-0.3, -0.25) is 0 Å². The summed E-state index contributed by atoms with van der Waals surface area (Å²) in [6.07, 6.45) is 0. The van der Waals surface area contributed by atoms with Crippen LogP contribution in [0.2, 0.25) is 0 Å². The molecule has 0 radical (unpaired) electrons. The highest BCUT2D eigenvalue weighted by molar-refractivity contribution is 7.99. The minimum absolute atomic E-state index is 0.142. The Kier molecular flexibility index (Phi) is 3.30. The summed E-state index contributed by atoms with van der Waals surface area (Å²) in [6.45, 7) is 3.83. The summed E-state index contributed by atoms with van der Waals surface area (Å²) >= 11 is 1.58. The Hall–Kier alpha value is -1.28. The minimum atomic E-state index is -0.142. The van der Waals surface area contributed by atoms with Crippen molar-refractivity contribution in [2.75, 3.05) is 0 Å². The molecule has 2 aromatic rings. The molecule has 0 N–H and O–H groups in total. The second-order valence-electron chi connectivity index (χ2n) is 3.83. The van der Waals surface area contributed by atoms with Gasteiger partial charge in [0.1, 0.15) is 5.82 Å². The lowest BCUT2D eigenvalue weighted by atomic mass is 10.2. The fourth-order valence-corrected chi connectivity index (χ4v) is 2.22. The normalized spacial score (nSPS) is 10.4. The summed E-state index contributed by atoms with van der Waals surface area (Å²) in [7, 11) is 0. The largest absolute Gasteiger partial charge is 0.207 e. The molecule has 2 aromatic carbocycles. The van der Waals surface area contributed by atoms with Crippen LogP contribution in [0.3, 0.4) is 0 Å². The Labute approximate surface area is 99.5 Å². The molecule has 0 fully saturated rings. The fraction of sp³-hybridized carbons (Fsp3) is 0.143. The zero-order valence-corrected chi connectivity index (χ0v) is 10.1. The Bertz CT molecular complexity index is 489. The second-order valence-corrected chi connectivity index (χ2v) is 4.97. The minimum Gasteiger partial charge on any atom is -0.207 e. The third kappa shape index (κ3) is 2.64. The van der Waals surface area contributed by atoms with Crippen molar-refractivity contribution in [3.05, 3.63) is 59.4 Å². The predicted octanol–water partition coefficient (Wildman–Crippen LogP) is 4.59. The van der Waals surface area contributed by atoms with E-state index in [2.05, 4.69) is 31.2 Å². The van der Waals surface area contributed by atoms with Crippen LogP contribution in [0.4, 0.5) is 4.39 Å². The molecule has 0 heterocycles. The first-order chi connectivity index (χ1) is 7.65. The molecule has 0 saturated heterocycles. The summed E-state index contributed by atoms with van der Waals surface area (Å²) in [5.41, 5.74) is 1.92. The van der Waals surface area contributed by atoms with E-state index in [0.29, 0.717) is 5.56 Å². The van der Waals surface area contributed by atoms with E-state index in [0.717, 1.165) is 9.79 Å². The number of aryl methyl sites for hydroxylation is 2. The van der Waals surface area contributed by atoms with Crippen LogP contribution in [0.5, 0.6) is 0 Å². The zero-order chi connectivity index (χ0) is 11.5. The number of halogens is 1. The van der Waals surface area contributed by atoms with Crippen molar-refractivity contribution < 1.29 is 4.39 Å². The van der Waals surface area contributed by atoms with E-state index < -0.39 is 0 Å². The monoisotopic (exact) mass is 232 g/mol. The molecular formula is C14H13FS. The van der Waals surface area contributed by atoms with Crippen molar-refractivity contribution in [3.8, 4) is 0 Å². The molecule has 0 atom stereocenters. The quantitative estimate of drug-likeness (QED) is 0.729. The van der Waals surface area contributed by atoms with Crippen LogP contribution in [0.1, 0.15) is 11.1 Å². The maximum absolute atomic E-state index is 13.3.